The average Bonchev–Trinajstić information content (AvgIpc) is 3.00. The van der Waals surface area contributed by atoms with Crippen molar-refractivity contribution in [2.75, 3.05) is 19.8 Å². The van der Waals surface area contributed by atoms with Gasteiger partial charge in [0.2, 0.25) is 0 Å². The second-order valence-corrected chi connectivity index (χ2v) is 12.0. The smallest absolute Gasteiger partial charge is 0.303 e. The molecule has 0 aliphatic carbocycles. The van der Waals surface area contributed by atoms with E-state index >= 15 is 0 Å². The van der Waals surface area contributed by atoms with Crippen molar-refractivity contribution >= 4 is 11.9 Å². The van der Waals surface area contributed by atoms with Crippen molar-refractivity contribution in [2.45, 2.75) is 181 Å². The van der Waals surface area contributed by atoms with Crippen LogP contribution in [0.3, 0.4) is 0 Å². The molecule has 0 spiro atoms. The van der Waals surface area contributed by atoms with Crippen molar-refractivity contribution in [2.24, 2.45) is 5.41 Å². The largest absolute Gasteiger partial charge is 0.481 e. The monoisotopic (exact) mass is 617 g/mol. The first-order valence-electron chi connectivity index (χ1n) is 17.7. The molecule has 0 aliphatic rings. The maximum atomic E-state index is 10.3. The highest BCUT2D eigenvalue weighted by atomic mass is 16.4. The average molecular weight is 617 g/mol. The number of carbonyl (C=O) groups is 2. The van der Waals surface area contributed by atoms with Gasteiger partial charge in [-0.1, -0.05) is 136 Å². The van der Waals surface area contributed by atoms with E-state index in [4.69, 9.17) is 25.5 Å². The van der Waals surface area contributed by atoms with Gasteiger partial charge in [-0.15, -0.1) is 0 Å². The van der Waals surface area contributed by atoms with Gasteiger partial charge in [0.05, 0.1) is 19.8 Å². The summed E-state index contributed by atoms with van der Waals surface area (Å²) in [6.07, 6.45) is 33.3. The highest BCUT2D eigenvalue weighted by Crippen LogP contribution is 2.18. The number of carboxylic acids is 2. The molecule has 0 aliphatic heterocycles. The van der Waals surface area contributed by atoms with Crippen LogP contribution in [0.25, 0.3) is 0 Å². The molecule has 0 saturated carbocycles. The Bertz CT molecular complexity index is 571. The Morgan fingerprint density at radius 1 is 0.465 bits per heavy atom. The number of aliphatic hydroxyl groups is 3. The lowest BCUT2D eigenvalue weighted by molar-refractivity contribution is -0.138. The number of rotatable bonds is 29. The van der Waals surface area contributed by atoms with Crippen LogP contribution >= 0.6 is 0 Å². The van der Waals surface area contributed by atoms with E-state index in [1.807, 2.05) is 6.92 Å². The van der Waals surface area contributed by atoms with Gasteiger partial charge in [0.1, 0.15) is 0 Å². The lowest BCUT2D eigenvalue weighted by Crippen LogP contribution is -2.32. The van der Waals surface area contributed by atoms with E-state index in [9.17, 15) is 9.59 Å². The first-order valence-corrected chi connectivity index (χ1v) is 17.7. The number of carboxylic acid groups (broad SMARTS) is 2. The van der Waals surface area contributed by atoms with Gasteiger partial charge >= 0.3 is 11.9 Å². The van der Waals surface area contributed by atoms with Gasteiger partial charge in [0, 0.05) is 18.3 Å². The fourth-order valence-electron chi connectivity index (χ4n) is 4.42. The fourth-order valence-corrected chi connectivity index (χ4v) is 4.42. The minimum atomic E-state index is -0.667. The molecule has 0 saturated heterocycles. The molecule has 0 atom stereocenters. The van der Waals surface area contributed by atoms with Gasteiger partial charge < -0.3 is 25.5 Å². The Balaban J connectivity index is -0.000000604. The minimum absolute atomic E-state index is 0.156. The molecule has 0 aromatic rings. The number of aliphatic carboxylic acids is 2. The zero-order valence-corrected chi connectivity index (χ0v) is 28.5. The molecule has 0 aromatic carbocycles. The van der Waals surface area contributed by atoms with Gasteiger partial charge in [0.15, 0.2) is 0 Å². The molecule has 0 rings (SSSR count). The maximum absolute atomic E-state index is 10.3. The summed E-state index contributed by atoms with van der Waals surface area (Å²) in [6.45, 7) is 5.84. The molecule has 7 heteroatoms. The molecule has 0 fully saturated rings. The highest BCUT2D eigenvalue weighted by molar-refractivity contribution is 5.66. The summed E-state index contributed by atoms with van der Waals surface area (Å²) in [7, 11) is 0. The lowest BCUT2D eigenvalue weighted by atomic mass is 9.88. The number of hydrogen-bond acceptors (Lipinski definition) is 5. The van der Waals surface area contributed by atoms with E-state index < -0.39 is 17.4 Å². The van der Waals surface area contributed by atoms with Gasteiger partial charge in [-0.25, -0.2) is 0 Å². The predicted molar refractivity (Wildman–Crippen MR) is 181 cm³/mol. The SMILES string of the molecule is CCC(CO)(CO)CO.CCCCCCCC/C=C\CCCCCCCC(=O)O.CCCCCCCCCCCC(=O)O. The third kappa shape index (κ3) is 40.6. The fraction of sp³-hybridized carbons (Fsp3) is 0.889. The van der Waals surface area contributed by atoms with Crippen LogP contribution in [0, 0.1) is 5.41 Å². The molecular formula is C36H72O7. The van der Waals surface area contributed by atoms with Crippen LogP contribution < -0.4 is 0 Å². The van der Waals surface area contributed by atoms with Gasteiger partial charge in [-0.3, -0.25) is 9.59 Å². The summed E-state index contributed by atoms with van der Waals surface area (Å²) in [5.74, 6) is -1.32. The molecule has 0 unspecified atom stereocenters. The maximum Gasteiger partial charge on any atom is 0.303 e. The number of allylic oxidation sites excluding steroid dienone is 2. The second kappa shape index (κ2) is 38.6. The quantitative estimate of drug-likeness (QED) is 0.0417. The van der Waals surface area contributed by atoms with E-state index in [1.165, 1.54) is 116 Å². The van der Waals surface area contributed by atoms with Crippen LogP contribution in [0.2, 0.25) is 0 Å². The minimum Gasteiger partial charge on any atom is -0.481 e. The zero-order valence-electron chi connectivity index (χ0n) is 28.5. The van der Waals surface area contributed by atoms with Crippen molar-refractivity contribution in [3.63, 3.8) is 0 Å². The van der Waals surface area contributed by atoms with Crippen LogP contribution in [0.15, 0.2) is 12.2 Å². The van der Waals surface area contributed by atoms with Crippen LogP contribution in [0.4, 0.5) is 0 Å². The molecule has 0 heterocycles. The van der Waals surface area contributed by atoms with Crippen LogP contribution in [0.1, 0.15) is 181 Å². The first-order chi connectivity index (χ1) is 20.8. The van der Waals surface area contributed by atoms with Crippen molar-refractivity contribution < 1.29 is 35.1 Å². The molecule has 0 aromatic heterocycles. The zero-order chi connectivity index (χ0) is 32.9. The van der Waals surface area contributed by atoms with Gasteiger partial charge in [-0.2, -0.15) is 0 Å². The first kappa shape index (κ1) is 46.0. The Kier molecular flexibility index (Phi) is 41.3. The molecule has 43 heavy (non-hydrogen) atoms. The normalized spacial score (nSPS) is 11.1. The van der Waals surface area contributed by atoms with E-state index in [1.54, 1.807) is 0 Å². The van der Waals surface area contributed by atoms with E-state index in [-0.39, 0.29) is 19.8 Å². The molecule has 0 amide bonds. The van der Waals surface area contributed by atoms with E-state index in [2.05, 4.69) is 26.0 Å². The van der Waals surface area contributed by atoms with Crippen molar-refractivity contribution in [3.8, 4) is 0 Å². The van der Waals surface area contributed by atoms with Gasteiger partial charge in [0.25, 0.3) is 0 Å². The van der Waals surface area contributed by atoms with Gasteiger partial charge in [-0.05, 0) is 44.9 Å². The topological polar surface area (TPSA) is 135 Å². The number of unbranched alkanes of at least 4 members (excludes halogenated alkanes) is 19. The van der Waals surface area contributed by atoms with Crippen LogP contribution in [-0.4, -0.2) is 57.3 Å². The van der Waals surface area contributed by atoms with E-state index in [0.717, 1.165) is 25.7 Å². The van der Waals surface area contributed by atoms with Crippen LogP contribution in [-0.2, 0) is 9.59 Å². The third-order valence-electron chi connectivity index (χ3n) is 7.90. The van der Waals surface area contributed by atoms with Crippen LogP contribution in [0.5, 0.6) is 0 Å². The Morgan fingerprint density at radius 3 is 0.977 bits per heavy atom. The molecular weight excluding hydrogens is 544 g/mol. The standard InChI is InChI=1S/C18H34O2.C12H24O2.C6H14O3/c1-2-3-4-5-6-7-8-9-10-11-12-13-14-15-16-17-18(19)20;1-2-3-4-5-6-7-8-9-10-11-12(13)14;1-2-6(3-7,4-8)5-9/h9-10H,2-8,11-17H2,1H3,(H,19,20);2-11H2,1H3,(H,13,14);7-9H,2-5H2,1H3/b10-9-;;. The summed E-state index contributed by atoms with van der Waals surface area (Å²) in [6, 6.07) is 0. The summed E-state index contributed by atoms with van der Waals surface area (Å²) < 4.78 is 0. The summed E-state index contributed by atoms with van der Waals surface area (Å²) in [4.78, 5) is 20.5. The molecule has 258 valence electrons. The number of aliphatic hydroxyl groups excluding tert-OH is 3. The Morgan fingerprint density at radius 2 is 0.744 bits per heavy atom. The van der Waals surface area contributed by atoms with E-state index in [0.29, 0.717) is 19.3 Å². The summed E-state index contributed by atoms with van der Waals surface area (Å²) in [5.41, 5.74) is -0.667. The Labute approximate surface area is 265 Å². The lowest BCUT2D eigenvalue weighted by Gasteiger charge is -2.24. The molecule has 0 radical (unpaired) electrons. The van der Waals surface area contributed by atoms with Crippen molar-refractivity contribution in [1.82, 2.24) is 0 Å². The van der Waals surface area contributed by atoms with Crippen molar-refractivity contribution in [1.29, 1.82) is 0 Å². The second-order valence-electron chi connectivity index (χ2n) is 12.0. The predicted octanol–water partition coefficient (Wildman–Crippen LogP) is 9.46. The Hall–Kier alpha value is -1.44. The molecule has 5 N–H and O–H groups in total. The number of hydrogen-bond donors (Lipinski definition) is 5. The highest BCUT2D eigenvalue weighted by Gasteiger charge is 2.24. The summed E-state index contributed by atoms with van der Waals surface area (Å²) in [5, 5.41) is 42.9. The summed E-state index contributed by atoms with van der Waals surface area (Å²) >= 11 is 0. The third-order valence-corrected chi connectivity index (χ3v) is 7.90. The molecule has 0 bridgehead atoms. The molecule has 7 nitrogen and oxygen atoms in total. The van der Waals surface area contributed by atoms with Crippen molar-refractivity contribution in [3.05, 3.63) is 12.2 Å².